The molecule has 0 atom stereocenters. The van der Waals surface area contributed by atoms with E-state index in [-0.39, 0.29) is 12.0 Å². The maximum atomic E-state index is 12.8. The minimum absolute atomic E-state index is 0.130. The van der Waals surface area contributed by atoms with Gasteiger partial charge in [0.2, 0.25) is 0 Å². The molecule has 2 rings (SSSR count). The zero-order valence-corrected chi connectivity index (χ0v) is 10.7. The van der Waals surface area contributed by atoms with Gasteiger partial charge in [-0.15, -0.1) is 11.3 Å². The summed E-state index contributed by atoms with van der Waals surface area (Å²) in [5.74, 6) is 0. The first kappa shape index (κ1) is 13.2. The number of hydrogen-bond acceptors (Lipinski definition) is 2. The average Bonchev–Trinajstić information content (AvgIpc) is 2.60. The van der Waals surface area contributed by atoms with Crippen molar-refractivity contribution < 1.29 is 13.2 Å². The molecule has 0 spiro atoms. The van der Waals surface area contributed by atoms with Gasteiger partial charge < -0.3 is 5.73 Å². The number of benzene rings is 1. The number of anilines is 1. The molecule has 2 N–H and O–H groups in total. The lowest BCUT2D eigenvalue weighted by Crippen LogP contribution is -2.09. The monoisotopic (exact) mass is 291 g/mol. The van der Waals surface area contributed by atoms with Gasteiger partial charge in [0, 0.05) is 6.42 Å². The molecule has 0 radical (unpaired) electrons. The Morgan fingerprint density at radius 3 is 2.39 bits per heavy atom. The van der Waals surface area contributed by atoms with E-state index in [2.05, 4.69) is 0 Å². The zero-order chi connectivity index (χ0) is 13.3. The van der Waals surface area contributed by atoms with Crippen LogP contribution in [0, 0.1) is 0 Å². The van der Waals surface area contributed by atoms with Crippen molar-refractivity contribution in [3.05, 3.63) is 50.7 Å². The van der Waals surface area contributed by atoms with E-state index >= 15 is 0 Å². The molecule has 6 heteroatoms. The first-order valence-electron chi connectivity index (χ1n) is 5.06. The van der Waals surface area contributed by atoms with Gasteiger partial charge in [-0.05, 0) is 22.6 Å². The molecule has 1 nitrogen and oxygen atoms in total. The summed E-state index contributed by atoms with van der Waals surface area (Å²) < 4.78 is 38.8. The van der Waals surface area contributed by atoms with E-state index in [0.717, 1.165) is 6.07 Å². The van der Waals surface area contributed by atoms with Gasteiger partial charge >= 0.3 is 6.18 Å². The van der Waals surface area contributed by atoms with Crippen LogP contribution in [0.3, 0.4) is 0 Å². The molecule has 0 amide bonds. The Morgan fingerprint density at radius 2 is 1.83 bits per heavy atom. The number of rotatable bonds is 2. The SMILES string of the molecule is Nc1c(Cc2ccccc2C(F)(F)F)csc1Cl. The highest BCUT2D eigenvalue weighted by atomic mass is 35.5. The van der Waals surface area contributed by atoms with E-state index < -0.39 is 11.7 Å². The van der Waals surface area contributed by atoms with Crippen LogP contribution in [0.15, 0.2) is 29.6 Å². The fourth-order valence-corrected chi connectivity index (χ4v) is 2.64. The van der Waals surface area contributed by atoms with Crippen LogP contribution in [0.2, 0.25) is 4.34 Å². The van der Waals surface area contributed by atoms with Gasteiger partial charge in [-0.25, -0.2) is 0 Å². The van der Waals surface area contributed by atoms with Gasteiger partial charge in [-0.3, -0.25) is 0 Å². The summed E-state index contributed by atoms with van der Waals surface area (Å²) in [5.41, 5.74) is 6.26. The van der Waals surface area contributed by atoms with E-state index in [4.69, 9.17) is 17.3 Å². The number of alkyl halides is 3. The normalized spacial score (nSPS) is 11.8. The summed E-state index contributed by atoms with van der Waals surface area (Å²) in [7, 11) is 0. The smallest absolute Gasteiger partial charge is 0.397 e. The van der Waals surface area contributed by atoms with Crippen molar-refractivity contribution in [1.82, 2.24) is 0 Å². The van der Waals surface area contributed by atoms with Gasteiger partial charge in [0.05, 0.1) is 11.3 Å². The maximum Gasteiger partial charge on any atom is 0.416 e. The molecule has 96 valence electrons. The lowest BCUT2D eigenvalue weighted by molar-refractivity contribution is -0.138. The summed E-state index contributed by atoms with van der Waals surface area (Å²) in [6, 6.07) is 5.47. The Bertz CT molecular complexity index is 563. The molecular weight excluding hydrogens is 283 g/mol. The van der Waals surface area contributed by atoms with Crippen molar-refractivity contribution in [1.29, 1.82) is 0 Å². The molecule has 1 aromatic heterocycles. The van der Waals surface area contributed by atoms with E-state index in [1.165, 1.54) is 23.5 Å². The molecule has 1 heterocycles. The number of nitrogen functional groups attached to an aromatic ring is 1. The van der Waals surface area contributed by atoms with Crippen LogP contribution in [-0.4, -0.2) is 0 Å². The van der Waals surface area contributed by atoms with Crippen LogP contribution in [0.4, 0.5) is 18.9 Å². The Kier molecular flexibility index (Phi) is 3.54. The highest BCUT2D eigenvalue weighted by molar-refractivity contribution is 7.15. The van der Waals surface area contributed by atoms with E-state index in [1.807, 2.05) is 0 Å². The minimum Gasteiger partial charge on any atom is -0.397 e. The summed E-state index contributed by atoms with van der Waals surface area (Å²) >= 11 is 7.02. The maximum absolute atomic E-state index is 12.8. The van der Waals surface area contributed by atoms with Crippen LogP contribution in [0.5, 0.6) is 0 Å². The van der Waals surface area contributed by atoms with Crippen LogP contribution in [-0.2, 0) is 12.6 Å². The third kappa shape index (κ3) is 2.62. The zero-order valence-electron chi connectivity index (χ0n) is 9.09. The van der Waals surface area contributed by atoms with Gasteiger partial charge in [-0.2, -0.15) is 13.2 Å². The molecule has 0 saturated heterocycles. The lowest BCUT2D eigenvalue weighted by Gasteiger charge is -2.12. The highest BCUT2D eigenvalue weighted by Crippen LogP contribution is 2.36. The van der Waals surface area contributed by atoms with Crippen molar-refractivity contribution in [3.63, 3.8) is 0 Å². The molecule has 0 bridgehead atoms. The Balaban J connectivity index is 2.38. The summed E-state index contributed by atoms with van der Waals surface area (Å²) in [6.45, 7) is 0. The van der Waals surface area contributed by atoms with E-state index in [9.17, 15) is 13.2 Å². The first-order valence-corrected chi connectivity index (χ1v) is 6.32. The van der Waals surface area contributed by atoms with Crippen molar-refractivity contribution in [2.75, 3.05) is 5.73 Å². The molecule has 0 aliphatic rings. The Labute approximate surface area is 111 Å². The second-order valence-corrected chi connectivity index (χ2v) is 5.26. The highest BCUT2D eigenvalue weighted by Gasteiger charge is 2.32. The van der Waals surface area contributed by atoms with Crippen molar-refractivity contribution in [2.45, 2.75) is 12.6 Å². The number of nitrogens with two attached hydrogens (primary N) is 1. The molecule has 18 heavy (non-hydrogen) atoms. The molecule has 0 aliphatic carbocycles. The van der Waals surface area contributed by atoms with Crippen molar-refractivity contribution in [2.24, 2.45) is 0 Å². The molecule has 2 aromatic rings. The third-order valence-corrected chi connectivity index (χ3v) is 3.87. The molecule has 0 saturated carbocycles. The quantitative estimate of drug-likeness (QED) is 0.860. The largest absolute Gasteiger partial charge is 0.416 e. The van der Waals surface area contributed by atoms with Crippen LogP contribution in [0.25, 0.3) is 0 Å². The Morgan fingerprint density at radius 1 is 1.17 bits per heavy atom. The first-order chi connectivity index (χ1) is 8.39. The number of hydrogen-bond donors (Lipinski definition) is 1. The van der Waals surface area contributed by atoms with E-state index in [0.29, 0.717) is 15.6 Å². The number of halogens is 4. The molecule has 1 aromatic carbocycles. The van der Waals surface area contributed by atoms with Crippen molar-refractivity contribution in [3.8, 4) is 0 Å². The molecule has 0 aliphatic heterocycles. The van der Waals surface area contributed by atoms with Crippen LogP contribution < -0.4 is 5.73 Å². The minimum atomic E-state index is -4.36. The molecule has 0 fully saturated rings. The standard InChI is InChI=1S/C12H9ClF3NS/c13-11-10(17)8(6-18-11)5-7-3-1-2-4-9(7)12(14,15)16/h1-4,6H,5,17H2. The topological polar surface area (TPSA) is 26.0 Å². The second-order valence-electron chi connectivity index (χ2n) is 3.78. The van der Waals surface area contributed by atoms with Gasteiger partial charge in [0.25, 0.3) is 0 Å². The average molecular weight is 292 g/mol. The fraction of sp³-hybridized carbons (Fsp3) is 0.167. The lowest BCUT2D eigenvalue weighted by atomic mass is 10.0. The fourth-order valence-electron chi connectivity index (χ4n) is 1.67. The van der Waals surface area contributed by atoms with Crippen molar-refractivity contribution >= 4 is 28.6 Å². The molecular formula is C12H9ClF3NS. The van der Waals surface area contributed by atoms with Crippen LogP contribution in [0.1, 0.15) is 16.7 Å². The second kappa shape index (κ2) is 4.82. The van der Waals surface area contributed by atoms with Gasteiger partial charge in [0.15, 0.2) is 0 Å². The predicted molar refractivity (Wildman–Crippen MR) is 68.0 cm³/mol. The van der Waals surface area contributed by atoms with Gasteiger partial charge in [0.1, 0.15) is 4.34 Å². The van der Waals surface area contributed by atoms with Crippen LogP contribution >= 0.6 is 22.9 Å². The summed E-state index contributed by atoms with van der Waals surface area (Å²) in [4.78, 5) is 0. The van der Waals surface area contributed by atoms with E-state index in [1.54, 1.807) is 11.4 Å². The van der Waals surface area contributed by atoms with Gasteiger partial charge in [-0.1, -0.05) is 29.8 Å². The summed E-state index contributed by atoms with van der Waals surface area (Å²) in [6.07, 6.45) is -4.23. The predicted octanol–water partition coefficient (Wildman–Crippen LogP) is 4.59. The third-order valence-electron chi connectivity index (χ3n) is 2.57. The number of thiophene rings is 1. The summed E-state index contributed by atoms with van der Waals surface area (Å²) in [5, 5.41) is 1.69. The molecule has 0 unspecified atom stereocenters. The Hall–Kier alpha value is -1.20.